The van der Waals surface area contributed by atoms with Crippen LogP contribution in [0.5, 0.6) is 5.75 Å². The van der Waals surface area contributed by atoms with Crippen molar-refractivity contribution in [1.29, 1.82) is 0 Å². The first-order valence-corrected chi connectivity index (χ1v) is 8.98. The molecule has 0 aromatic heterocycles. The largest absolute Gasteiger partial charge is 0.497 e. The summed E-state index contributed by atoms with van der Waals surface area (Å²) in [6.07, 6.45) is -4.61. The lowest BCUT2D eigenvalue weighted by Gasteiger charge is -2.35. The van der Waals surface area contributed by atoms with Crippen LogP contribution in [0.25, 0.3) is 0 Å². The topological polar surface area (TPSA) is 70.7 Å². The van der Waals surface area contributed by atoms with Crippen molar-refractivity contribution in [2.75, 3.05) is 39.8 Å². The fourth-order valence-electron chi connectivity index (χ4n) is 2.54. The van der Waals surface area contributed by atoms with Gasteiger partial charge < -0.3 is 10.1 Å². The summed E-state index contributed by atoms with van der Waals surface area (Å²) in [5.41, 5.74) is 0. The van der Waals surface area contributed by atoms with Gasteiger partial charge in [-0.15, -0.1) is 12.4 Å². The molecule has 12 heteroatoms. The molecule has 0 spiro atoms. The number of nitrogens with one attached hydrogen (secondary N) is 2. The van der Waals surface area contributed by atoms with E-state index in [0.29, 0.717) is 13.1 Å². The van der Waals surface area contributed by atoms with Crippen LogP contribution < -0.4 is 14.8 Å². The zero-order valence-electron chi connectivity index (χ0n) is 13.8. The summed E-state index contributed by atoms with van der Waals surface area (Å²) < 4.78 is 84.7. The van der Waals surface area contributed by atoms with Crippen molar-refractivity contribution < 1.29 is 30.7 Å². The van der Waals surface area contributed by atoms with Crippen LogP contribution >= 0.6 is 12.4 Å². The number of hydrogen-bond acceptors (Lipinski definition) is 5. The van der Waals surface area contributed by atoms with E-state index < -0.39 is 39.5 Å². The molecule has 0 bridgehead atoms. The third-order valence-corrected chi connectivity index (χ3v) is 5.32. The highest BCUT2D eigenvalue weighted by molar-refractivity contribution is 7.89. The van der Waals surface area contributed by atoms with Crippen molar-refractivity contribution >= 4 is 22.4 Å². The van der Waals surface area contributed by atoms with Crippen LogP contribution in [-0.2, 0) is 10.0 Å². The Morgan fingerprint density at radius 1 is 1.31 bits per heavy atom. The molecule has 2 N–H and O–H groups in total. The average molecular weight is 422 g/mol. The maximum absolute atomic E-state index is 13.9. The molecule has 1 aromatic carbocycles. The van der Waals surface area contributed by atoms with Gasteiger partial charge in [-0.3, -0.25) is 4.90 Å². The minimum atomic E-state index is -4.61. The zero-order chi connectivity index (χ0) is 18.7. The summed E-state index contributed by atoms with van der Waals surface area (Å²) in [4.78, 5) is 0.429. The third-order valence-electron chi connectivity index (χ3n) is 3.87. The summed E-state index contributed by atoms with van der Waals surface area (Å²) in [6.45, 7) is 0.155. The molecular formula is C14H20ClF4N3O3S. The normalized spacial score (nSPS) is 17.4. The maximum atomic E-state index is 13.9. The lowest BCUT2D eigenvalue weighted by atomic mass is 10.2. The Labute approximate surface area is 155 Å². The summed E-state index contributed by atoms with van der Waals surface area (Å²) in [5.74, 6) is -0.997. The van der Waals surface area contributed by atoms with Crippen molar-refractivity contribution in [1.82, 2.24) is 14.9 Å². The maximum Gasteiger partial charge on any atom is 0.405 e. The molecule has 2 rings (SSSR count). The average Bonchev–Trinajstić information content (AvgIpc) is 2.54. The predicted octanol–water partition coefficient (Wildman–Crippen LogP) is 1.37. The third kappa shape index (κ3) is 5.68. The van der Waals surface area contributed by atoms with Gasteiger partial charge >= 0.3 is 6.18 Å². The van der Waals surface area contributed by atoms with Gasteiger partial charge in [0.15, 0.2) is 0 Å². The van der Waals surface area contributed by atoms with Gasteiger partial charge in [0.2, 0.25) is 10.0 Å². The first-order valence-electron chi connectivity index (χ1n) is 7.50. The Balaban J connectivity index is 0.00000338. The van der Waals surface area contributed by atoms with Crippen LogP contribution in [0.3, 0.4) is 0 Å². The van der Waals surface area contributed by atoms with Crippen molar-refractivity contribution in [2.45, 2.75) is 17.1 Å². The van der Waals surface area contributed by atoms with Crippen molar-refractivity contribution in [3.8, 4) is 5.75 Å². The Morgan fingerprint density at radius 2 is 1.92 bits per heavy atom. The molecule has 1 aliphatic heterocycles. The molecule has 0 radical (unpaired) electrons. The van der Waals surface area contributed by atoms with Crippen LogP contribution in [0.1, 0.15) is 0 Å². The number of hydrogen-bond donors (Lipinski definition) is 2. The van der Waals surface area contributed by atoms with Gasteiger partial charge in [-0.25, -0.2) is 17.5 Å². The quantitative estimate of drug-likeness (QED) is 0.679. The van der Waals surface area contributed by atoms with Gasteiger partial charge in [0.1, 0.15) is 22.5 Å². The number of sulfonamides is 1. The van der Waals surface area contributed by atoms with Gasteiger partial charge in [-0.1, -0.05) is 0 Å². The number of rotatable bonds is 6. The van der Waals surface area contributed by atoms with E-state index in [1.54, 1.807) is 0 Å². The fraction of sp³-hybridized carbons (Fsp3) is 0.571. The molecule has 1 saturated heterocycles. The molecule has 1 atom stereocenters. The van der Waals surface area contributed by atoms with E-state index in [9.17, 15) is 26.0 Å². The number of nitrogens with zero attached hydrogens (tertiary/aromatic N) is 1. The van der Waals surface area contributed by atoms with Gasteiger partial charge in [0.25, 0.3) is 0 Å². The second-order valence-corrected chi connectivity index (χ2v) is 7.23. The lowest BCUT2D eigenvalue weighted by molar-refractivity contribution is -0.182. The summed E-state index contributed by atoms with van der Waals surface area (Å²) in [6, 6.07) is 1.04. The van der Waals surface area contributed by atoms with Gasteiger partial charge in [-0.2, -0.15) is 13.2 Å². The second kappa shape index (κ2) is 9.18. The SMILES string of the molecule is COc1ccc(S(=O)(=O)NCC(N2CCNCC2)C(F)(F)F)c(F)c1.Cl. The smallest absolute Gasteiger partial charge is 0.405 e. The Morgan fingerprint density at radius 3 is 2.42 bits per heavy atom. The minimum absolute atomic E-state index is 0. The molecule has 150 valence electrons. The molecule has 1 heterocycles. The van der Waals surface area contributed by atoms with E-state index in [1.165, 1.54) is 13.2 Å². The van der Waals surface area contributed by atoms with E-state index in [-0.39, 0.29) is 31.2 Å². The van der Waals surface area contributed by atoms with E-state index in [4.69, 9.17) is 4.74 Å². The van der Waals surface area contributed by atoms with Crippen LogP contribution in [-0.4, -0.2) is 65.4 Å². The van der Waals surface area contributed by atoms with Crippen LogP contribution in [0.15, 0.2) is 23.1 Å². The predicted molar refractivity (Wildman–Crippen MR) is 89.7 cm³/mol. The summed E-state index contributed by atoms with van der Waals surface area (Å²) in [7, 11) is -3.15. The Kier molecular flexibility index (Phi) is 8.08. The second-order valence-electron chi connectivity index (χ2n) is 5.49. The highest BCUT2D eigenvalue weighted by Gasteiger charge is 2.44. The number of ether oxygens (including phenoxy) is 1. The van der Waals surface area contributed by atoms with E-state index in [0.717, 1.165) is 17.0 Å². The van der Waals surface area contributed by atoms with Crippen LogP contribution in [0, 0.1) is 5.82 Å². The number of alkyl halides is 3. The van der Waals surface area contributed by atoms with E-state index >= 15 is 0 Å². The Bertz CT molecular complexity index is 697. The monoisotopic (exact) mass is 421 g/mol. The van der Waals surface area contributed by atoms with Crippen molar-refractivity contribution in [3.63, 3.8) is 0 Å². The van der Waals surface area contributed by atoms with Gasteiger partial charge in [0, 0.05) is 38.8 Å². The molecule has 0 saturated carbocycles. The number of methoxy groups -OCH3 is 1. The first-order chi connectivity index (χ1) is 11.6. The molecule has 0 amide bonds. The number of piperazine rings is 1. The van der Waals surface area contributed by atoms with Crippen LogP contribution in [0.2, 0.25) is 0 Å². The van der Waals surface area contributed by atoms with E-state index in [2.05, 4.69) is 5.32 Å². The molecule has 1 unspecified atom stereocenters. The molecular weight excluding hydrogens is 402 g/mol. The minimum Gasteiger partial charge on any atom is -0.497 e. The molecule has 0 aliphatic carbocycles. The van der Waals surface area contributed by atoms with Crippen molar-refractivity contribution in [2.24, 2.45) is 0 Å². The summed E-state index contributed by atoms with van der Waals surface area (Å²) in [5, 5.41) is 2.93. The number of benzene rings is 1. The molecule has 1 aromatic rings. The molecule has 1 fully saturated rings. The Hall–Kier alpha value is -1.14. The zero-order valence-corrected chi connectivity index (χ0v) is 15.5. The first kappa shape index (κ1) is 22.9. The summed E-state index contributed by atoms with van der Waals surface area (Å²) >= 11 is 0. The highest BCUT2D eigenvalue weighted by Crippen LogP contribution is 2.26. The molecule has 6 nitrogen and oxygen atoms in total. The van der Waals surface area contributed by atoms with Gasteiger partial charge in [-0.05, 0) is 12.1 Å². The van der Waals surface area contributed by atoms with Crippen molar-refractivity contribution in [3.05, 3.63) is 24.0 Å². The fourth-order valence-corrected chi connectivity index (χ4v) is 3.63. The molecule has 1 aliphatic rings. The number of halogens is 5. The molecule has 26 heavy (non-hydrogen) atoms. The standard InChI is InChI=1S/C14H19F4N3O3S.ClH/c1-24-10-2-3-12(11(15)8-10)25(22,23)20-9-13(14(16,17)18)21-6-4-19-5-7-21;/h2-3,8,13,19-20H,4-7,9H2,1H3;1H. The van der Waals surface area contributed by atoms with Gasteiger partial charge in [0.05, 0.1) is 7.11 Å². The van der Waals surface area contributed by atoms with E-state index in [1.807, 2.05) is 4.72 Å². The lowest BCUT2D eigenvalue weighted by Crippen LogP contribution is -2.57. The van der Waals surface area contributed by atoms with Crippen LogP contribution in [0.4, 0.5) is 17.6 Å². The highest BCUT2D eigenvalue weighted by atomic mass is 35.5.